The first-order valence-corrected chi connectivity index (χ1v) is 10.4. The summed E-state index contributed by atoms with van der Waals surface area (Å²) in [7, 11) is 1.61. The smallest absolute Gasteiger partial charge is 0.180 e. The van der Waals surface area contributed by atoms with E-state index in [0.717, 1.165) is 41.2 Å². The molecule has 4 aromatic rings. The molecule has 31 heavy (non-hydrogen) atoms. The van der Waals surface area contributed by atoms with Crippen LogP contribution in [0.25, 0.3) is 16.9 Å². The molecule has 0 aliphatic heterocycles. The van der Waals surface area contributed by atoms with E-state index in [0.29, 0.717) is 24.7 Å². The number of methoxy groups -OCH3 is 1. The number of nitrogens with two attached hydrogens (primary N) is 1. The first kappa shape index (κ1) is 20.6. The van der Waals surface area contributed by atoms with Gasteiger partial charge >= 0.3 is 0 Å². The molecule has 0 amide bonds. The average molecular weight is 418 g/mol. The third kappa shape index (κ3) is 4.91. The predicted octanol–water partition coefficient (Wildman–Crippen LogP) is 5.14. The van der Waals surface area contributed by atoms with Gasteiger partial charge in [0.05, 0.1) is 31.7 Å². The van der Waals surface area contributed by atoms with Gasteiger partial charge in [-0.15, -0.1) is 0 Å². The van der Waals surface area contributed by atoms with E-state index in [9.17, 15) is 0 Å². The second kappa shape index (κ2) is 9.43. The Bertz CT molecular complexity index is 1170. The third-order valence-corrected chi connectivity index (χ3v) is 5.03. The molecule has 2 aromatic carbocycles. The van der Waals surface area contributed by atoms with Crippen LogP contribution in [0, 0.1) is 6.92 Å². The number of anilines is 1. The normalized spacial score (nSPS) is 10.9. The molecule has 0 spiro atoms. The maximum Gasteiger partial charge on any atom is 0.180 e. The van der Waals surface area contributed by atoms with E-state index in [1.54, 1.807) is 7.11 Å². The summed E-state index contributed by atoms with van der Waals surface area (Å²) in [5.74, 6) is 2.33. The fourth-order valence-corrected chi connectivity index (χ4v) is 3.41. The molecule has 0 aliphatic rings. The van der Waals surface area contributed by atoms with Gasteiger partial charge in [-0.25, -0.2) is 4.98 Å². The third-order valence-electron chi connectivity index (χ3n) is 5.03. The highest BCUT2D eigenvalue weighted by Gasteiger charge is 2.10. The number of pyridine rings is 1. The average Bonchev–Trinajstić information content (AvgIpc) is 3.21. The van der Waals surface area contributed by atoms with Gasteiger partial charge in [0.2, 0.25) is 0 Å². The van der Waals surface area contributed by atoms with Crippen molar-refractivity contribution in [1.82, 2.24) is 9.38 Å². The van der Waals surface area contributed by atoms with Gasteiger partial charge in [0.25, 0.3) is 0 Å². The SMILES string of the molecule is COc1ccc(-c2cn3cccc(OCCCCOc4cccc(C)c4)c3n2)cc1N. The number of fused-ring (bicyclic) bond motifs is 1. The molecular weight excluding hydrogens is 390 g/mol. The van der Waals surface area contributed by atoms with E-state index >= 15 is 0 Å². The van der Waals surface area contributed by atoms with Crippen molar-refractivity contribution in [3.05, 3.63) is 72.6 Å². The van der Waals surface area contributed by atoms with Crippen LogP contribution in [0.4, 0.5) is 5.69 Å². The number of hydrogen-bond acceptors (Lipinski definition) is 5. The number of ether oxygens (including phenoxy) is 3. The van der Waals surface area contributed by atoms with Crippen molar-refractivity contribution in [2.45, 2.75) is 19.8 Å². The lowest BCUT2D eigenvalue weighted by molar-refractivity contribution is 0.267. The summed E-state index contributed by atoms with van der Waals surface area (Å²) in [6, 6.07) is 17.7. The van der Waals surface area contributed by atoms with Crippen LogP contribution in [0.1, 0.15) is 18.4 Å². The maximum absolute atomic E-state index is 6.05. The van der Waals surface area contributed by atoms with Crippen LogP contribution >= 0.6 is 0 Å². The molecule has 160 valence electrons. The minimum absolute atomic E-state index is 0.585. The van der Waals surface area contributed by atoms with Crippen molar-refractivity contribution < 1.29 is 14.2 Å². The van der Waals surface area contributed by atoms with Crippen LogP contribution in [0.2, 0.25) is 0 Å². The highest BCUT2D eigenvalue weighted by molar-refractivity contribution is 5.71. The number of aryl methyl sites for hydroxylation is 1. The Morgan fingerprint density at radius 1 is 0.935 bits per heavy atom. The topological polar surface area (TPSA) is 71.0 Å². The Labute approximate surface area is 182 Å². The Morgan fingerprint density at radius 2 is 1.77 bits per heavy atom. The fourth-order valence-electron chi connectivity index (χ4n) is 3.41. The molecule has 2 aromatic heterocycles. The number of aromatic nitrogens is 2. The highest BCUT2D eigenvalue weighted by atomic mass is 16.5. The zero-order valence-corrected chi connectivity index (χ0v) is 17.9. The minimum atomic E-state index is 0.585. The lowest BCUT2D eigenvalue weighted by Crippen LogP contribution is -2.03. The van der Waals surface area contributed by atoms with Crippen molar-refractivity contribution >= 4 is 11.3 Å². The van der Waals surface area contributed by atoms with Gasteiger partial charge in [-0.3, -0.25) is 0 Å². The van der Waals surface area contributed by atoms with Gasteiger partial charge in [-0.05, 0) is 67.8 Å². The Kier molecular flexibility index (Phi) is 6.26. The van der Waals surface area contributed by atoms with Gasteiger partial charge in [0.1, 0.15) is 11.5 Å². The Morgan fingerprint density at radius 3 is 2.55 bits per heavy atom. The molecule has 4 rings (SSSR count). The van der Waals surface area contributed by atoms with Gasteiger partial charge in [-0.2, -0.15) is 0 Å². The summed E-state index contributed by atoms with van der Waals surface area (Å²) in [5, 5.41) is 0. The first-order chi connectivity index (χ1) is 15.1. The van der Waals surface area contributed by atoms with Crippen LogP contribution in [-0.4, -0.2) is 29.7 Å². The van der Waals surface area contributed by atoms with Crippen LogP contribution in [0.15, 0.2) is 67.0 Å². The van der Waals surface area contributed by atoms with E-state index in [1.165, 1.54) is 5.56 Å². The molecule has 0 bridgehead atoms. The lowest BCUT2D eigenvalue weighted by Gasteiger charge is -2.08. The largest absolute Gasteiger partial charge is 0.495 e. The zero-order chi connectivity index (χ0) is 21.6. The molecule has 0 radical (unpaired) electrons. The molecule has 0 fully saturated rings. The maximum atomic E-state index is 6.05. The van der Waals surface area contributed by atoms with Crippen LogP contribution in [-0.2, 0) is 0 Å². The summed E-state index contributed by atoms with van der Waals surface area (Å²) in [6.45, 7) is 3.34. The number of benzene rings is 2. The number of unbranched alkanes of at least 4 members (excludes halogenated alkanes) is 1. The van der Waals surface area contributed by atoms with Crippen molar-refractivity contribution in [3.8, 4) is 28.5 Å². The molecule has 2 heterocycles. The quantitative estimate of drug-likeness (QED) is 0.302. The second-order valence-electron chi connectivity index (χ2n) is 7.41. The standard InChI is InChI=1S/C25H27N3O3/c1-18-7-5-8-20(15-18)30-13-3-4-14-31-24-9-6-12-28-17-22(27-25(24)28)19-10-11-23(29-2)21(26)16-19/h5-12,15-17H,3-4,13-14,26H2,1-2H3. The number of nitrogen functional groups attached to an aromatic ring is 1. The zero-order valence-electron chi connectivity index (χ0n) is 17.9. The highest BCUT2D eigenvalue weighted by Crippen LogP contribution is 2.29. The van der Waals surface area contributed by atoms with Gasteiger partial charge < -0.3 is 24.3 Å². The van der Waals surface area contributed by atoms with Crippen molar-refractivity contribution in [2.24, 2.45) is 0 Å². The number of imidazole rings is 1. The number of nitrogens with zero attached hydrogens (tertiary/aromatic N) is 2. The molecule has 0 saturated carbocycles. The molecule has 0 aliphatic carbocycles. The molecule has 6 heteroatoms. The Balaban J connectivity index is 1.35. The molecule has 0 atom stereocenters. The van der Waals surface area contributed by atoms with Crippen molar-refractivity contribution in [1.29, 1.82) is 0 Å². The second-order valence-corrected chi connectivity index (χ2v) is 7.41. The van der Waals surface area contributed by atoms with Crippen LogP contribution in [0.5, 0.6) is 17.2 Å². The fraction of sp³-hybridized carbons (Fsp3) is 0.240. The van der Waals surface area contributed by atoms with Crippen LogP contribution < -0.4 is 19.9 Å². The molecule has 6 nitrogen and oxygen atoms in total. The minimum Gasteiger partial charge on any atom is -0.495 e. The summed E-state index contributed by atoms with van der Waals surface area (Å²) >= 11 is 0. The summed E-state index contributed by atoms with van der Waals surface area (Å²) in [5.41, 5.74) is 10.4. The van der Waals surface area contributed by atoms with Crippen LogP contribution in [0.3, 0.4) is 0 Å². The molecule has 0 saturated heterocycles. The van der Waals surface area contributed by atoms with E-state index < -0.39 is 0 Å². The summed E-state index contributed by atoms with van der Waals surface area (Å²) in [6.07, 6.45) is 5.75. The van der Waals surface area contributed by atoms with Crippen molar-refractivity contribution in [2.75, 3.05) is 26.1 Å². The van der Waals surface area contributed by atoms with E-state index in [-0.39, 0.29) is 0 Å². The van der Waals surface area contributed by atoms with Crippen molar-refractivity contribution in [3.63, 3.8) is 0 Å². The molecule has 2 N–H and O–H groups in total. The van der Waals surface area contributed by atoms with E-state index in [4.69, 9.17) is 24.9 Å². The summed E-state index contributed by atoms with van der Waals surface area (Å²) < 4.78 is 19.0. The van der Waals surface area contributed by atoms with Gasteiger partial charge in [-0.1, -0.05) is 12.1 Å². The molecule has 0 unspecified atom stereocenters. The monoisotopic (exact) mass is 417 g/mol. The predicted molar refractivity (Wildman–Crippen MR) is 123 cm³/mol. The number of hydrogen-bond donors (Lipinski definition) is 1. The Hall–Kier alpha value is -3.67. The van der Waals surface area contributed by atoms with E-state index in [2.05, 4.69) is 13.0 Å². The van der Waals surface area contributed by atoms with Gasteiger partial charge in [0, 0.05) is 18.0 Å². The summed E-state index contributed by atoms with van der Waals surface area (Å²) in [4.78, 5) is 4.76. The van der Waals surface area contributed by atoms with Gasteiger partial charge in [0.15, 0.2) is 11.4 Å². The lowest BCUT2D eigenvalue weighted by atomic mass is 10.1. The number of rotatable bonds is 9. The molecular formula is C25H27N3O3. The first-order valence-electron chi connectivity index (χ1n) is 10.4. The van der Waals surface area contributed by atoms with E-state index in [1.807, 2.05) is 65.3 Å².